The van der Waals surface area contributed by atoms with Crippen molar-refractivity contribution in [1.29, 1.82) is 0 Å². The van der Waals surface area contributed by atoms with E-state index in [1.54, 1.807) is 0 Å². The second-order valence-electron chi connectivity index (χ2n) is 14.1. The maximum absolute atomic E-state index is 12.9. The molecule has 2 amide bonds. The number of para-hydroxylation sites is 2. The first-order valence-electron chi connectivity index (χ1n) is 18.1. The van der Waals surface area contributed by atoms with Crippen LogP contribution in [0.2, 0.25) is 0 Å². The average Bonchev–Trinajstić information content (AvgIpc) is 3.42. The van der Waals surface area contributed by atoms with Crippen LogP contribution in [-0.4, -0.2) is 78.9 Å². The highest BCUT2D eigenvalue weighted by molar-refractivity contribution is 5.93. The number of hydrogen-bond donors (Lipinski definition) is 2. The Bertz CT molecular complexity index is 1470. The fourth-order valence-corrected chi connectivity index (χ4v) is 7.73. The lowest BCUT2D eigenvalue weighted by Crippen LogP contribution is -2.56. The van der Waals surface area contributed by atoms with Gasteiger partial charge in [-0.3, -0.25) is 10.1 Å². The summed E-state index contributed by atoms with van der Waals surface area (Å²) >= 11 is 0. The Kier molecular flexibility index (Phi) is 11.3. The summed E-state index contributed by atoms with van der Waals surface area (Å²) in [6, 6.07) is 28.3. The van der Waals surface area contributed by atoms with E-state index in [-0.39, 0.29) is 17.5 Å². The maximum Gasteiger partial charge on any atom is 0.412 e. The molecule has 3 aromatic carbocycles. The molecule has 3 aliphatic heterocycles. The van der Waals surface area contributed by atoms with Gasteiger partial charge in [-0.15, -0.1) is 0 Å². The van der Waals surface area contributed by atoms with Gasteiger partial charge >= 0.3 is 6.09 Å². The molecular weight excluding hydrogens is 598 g/mol. The van der Waals surface area contributed by atoms with Crippen molar-refractivity contribution in [2.75, 3.05) is 56.2 Å². The monoisotopic (exact) mass is 651 g/mol. The average molecular weight is 652 g/mol. The Hall–Kier alpha value is -3.88. The topological polar surface area (TPSA) is 77.1 Å². The van der Waals surface area contributed by atoms with Crippen LogP contribution in [0.1, 0.15) is 71.1 Å². The van der Waals surface area contributed by atoms with Gasteiger partial charge in [0.1, 0.15) is 11.1 Å². The van der Waals surface area contributed by atoms with Gasteiger partial charge in [0.2, 0.25) is 5.91 Å². The number of likely N-dealkylation sites (tertiary alicyclic amines) is 2. The van der Waals surface area contributed by atoms with Crippen molar-refractivity contribution in [3.05, 3.63) is 84.9 Å². The van der Waals surface area contributed by atoms with E-state index in [2.05, 4.69) is 56.5 Å². The number of benzene rings is 3. The molecule has 3 saturated heterocycles. The van der Waals surface area contributed by atoms with Crippen LogP contribution in [0.15, 0.2) is 84.9 Å². The number of ether oxygens (including phenoxy) is 1. The normalized spacial score (nSPS) is 19.3. The Morgan fingerprint density at radius 3 is 1.92 bits per heavy atom. The molecular formula is C40H53N5O3. The van der Waals surface area contributed by atoms with E-state index in [9.17, 15) is 9.59 Å². The summed E-state index contributed by atoms with van der Waals surface area (Å²) in [4.78, 5) is 33.2. The van der Waals surface area contributed by atoms with Crippen LogP contribution in [0, 0.1) is 0 Å². The molecule has 8 heteroatoms. The number of nitrogens with one attached hydrogen (secondary N) is 2. The standard InChI is InChI=1S/C40H53N5O3/c1-39(48-38(47)42-36-21-13-12-20-35(36)33-16-8-6-9-17-33)22-28-43(29-23-39)26-14-4-2-3-5-15-27-44-30-24-40(25-31-44)37(46)41-32-45(40)34-18-10-7-11-19-34/h6-13,16-21H,2-5,14-15,22-32H2,1H3,(H,41,46)(H,42,47). The third-order valence-corrected chi connectivity index (χ3v) is 10.8. The van der Waals surface area contributed by atoms with Gasteiger partial charge in [-0.2, -0.15) is 0 Å². The summed E-state index contributed by atoms with van der Waals surface area (Å²) in [5.74, 6) is 0.196. The zero-order valence-corrected chi connectivity index (χ0v) is 28.7. The van der Waals surface area contributed by atoms with Crippen molar-refractivity contribution in [2.24, 2.45) is 0 Å². The molecule has 0 saturated carbocycles. The van der Waals surface area contributed by atoms with Gasteiger partial charge < -0.3 is 24.8 Å². The van der Waals surface area contributed by atoms with E-state index in [1.807, 2.05) is 60.7 Å². The van der Waals surface area contributed by atoms with Crippen LogP contribution in [0.4, 0.5) is 16.2 Å². The first kappa shape index (κ1) is 34.0. The van der Waals surface area contributed by atoms with Crippen molar-refractivity contribution in [3.63, 3.8) is 0 Å². The van der Waals surface area contributed by atoms with Gasteiger partial charge in [0.15, 0.2) is 0 Å². The third-order valence-electron chi connectivity index (χ3n) is 10.8. The number of hydrogen-bond acceptors (Lipinski definition) is 6. The van der Waals surface area contributed by atoms with Gasteiger partial charge in [-0.05, 0) is 82.3 Å². The lowest BCUT2D eigenvalue weighted by Gasteiger charge is -2.43. The second-order valence-corrected chi connectivity index (χ2v) is 14.1. The number of nitrogens with zero attached hydrogens (tertiary/aromatic N) is 3. The van der Waals surface area contributed by atoms with Gasteiger partial charge in [0.25, 0.3) is 0 Å². The Balaban J connectivity index is 0.816. The summed E-state index contributed by atoms with van der Waals surface area (Å²) < 4.78 is 6.00. The second kappa shape index (κ2) is 16.0. The predicted octanol–water partition coefficient (Wildman–Crippen LogP) is 7.53. The Morgan fingerprint density at radius 2 is 1.27 bits per heavy atom. The molecule has 2 N–H and O–H groups in total. The van der Waals surface area contributed by atoms with Gasteiger partial charge in [0, 0.05) is 37.4 Å². The Morgan fingerprint density at radius 1 is 0.729 bits per heavy atom. The summed E-state index contributed by atoms with van der Waals surface area (Å²) in [6.07, 6.45) is 10.7. The van der Waals surface area contributed by atoms with Crippen LogP contribution < -0.4 is 15.5 Å². The highest BCUT2D eigenvalue weighted by atomic mass is 16.6. The molecule has 1 spiro atoms. The lowest BCUT2D eigenvalue weighted by atomic mass is 9.85. The first-order valence-corrected chi connectivity index (χ1v) is 18.1. The number of carbonyl (C=O) groups excluding carboxylic acids is 2. The fraction of sp³-hybridized carbons (Fsp3) is 0.500. The molecule has 0 atom stereocenters. The van der Waals surface area contributed by atoms with E-state index in [0.717, 1.165) is 87.5 Å². The van der Waals surface area contributed by atoms with Gasteiger partial charge in [0.05, 0.1) is 12.4 Å². The Labute approximate surface area is 286 Å². The van der Waals surface area contributed by atoms with Crippen molar-refractivity contribution in [2.45, 2.75) is 82.3 Å². The van der Waals surface area contributed by atoms with Crippen LogP contribution in [0.3, 0.4) is 0 Å². The summed E-state index contributed by atoms with van der Waals surface area (Å²) in [5, 5.41) is 6.11. The third kappa shape index (κ3) is 8.39. The predicted molar refractivity (Wildman–Crippen MR) is 194 cm³/mol. The summed E-state index contributed by atoms with van der Waals surface area (Å²) in [7, 11) is 0. The largest absolute Gasteiger partial charge is 0.443 e. The van der Waals surface area contributed by atoms with E-state index in [1.165, 1.54) is 38.5 Å². The molecule has 3 fully saturated rings. The number of unbranched alkanes of at least 4 members (excludes halogenated alkanes) is 5. The molecule has 3 aromatic rings. The molecule has 48 heavy (non-hydrogen) atoms. The molecule has 8 nitrogen and oxygen atoms in total. The lowest BCUT2D eigenvalue weighted by molar-refractivity contribution is -0.125. The van der Waals surface area contributed by atoms with E-state index in [4.69, 9.17) is 4.74 Å². The van der Waals surface area contributed by atoms with Crippen molar-refractivity contribution in [1.82, 2.24) is 15.1 Å². The quantitative estimate of drug-likeness (QED) is 0.186. The molecule has 256 valence electrons. The number of anilines is 2. The van der Waals surface area contributed by atoms with E-state index >= 15 is 0 Å². The van der Waals surface area contributed by atoms with Gasteiger partial charge in [-0.1, -0.05) is 92.4 Å². The van der Waals surface area contributed by atoms with Crippen molar-refractivity contribution >= 4 is 23.4 Å². The zero-order valence-electron chi connectivity index (χ0n) is 28.7. The molecule has 0 unspecified atom stereocenters. The van der Waals surface area contributed by atoms with E-state index < -0.39 is 5.60 Å². The molecule has 0 aliphatic carbocycles. The molecule has 0 aromatic heterocycles. The highest BCUT2D eigenvalue weighted by Gasteiger charge is 2.50. The molecule has 0 radical (unpaired) electrons. The fourth-order valence-electron chi connectivity index (χ4n) is 7.73. The van der Waals surface area contributed by atoms with Crippen LogP contribution in [-0.2, 0) is 9.53 Å². The number of carbonyl (C=O) groups is 2. The summed E-state index contributed by atoms with van der Waals surface area (Å²) in [6.45, 7) is 8.84. The number of rotatable bonds is 13. The molecule has 6 rings (SSSR count). The molecule has 0 bridgehead atoms. The van der Waals surface area contributed by atoms with E-state index in [0.29, 0.717) is 6.67 Å². The zero-order chi connectivity index (χ0) is 33.2. The minimum atomic E-state index is -0.442. The minimum absolute atomic E-state index is 0.196. The molecule has 3 heterocycles. The highest BCUT2D eigenvalue weighted by Crippen LogP contribution is 2.36. The molecule has 3 aliphatic rings. The number of piperidine rings is 2. The van der Waals surface area contributed by atoms with Crippen LogP contribution in [0.25, 0.3) is 11.1 Å². The minimum Gasteiger partial charge on any atom is -0.443 e. The van der Waals surface area contributed by atoms with Crippen LogP contribution >= 0.6 is 0 Å². The van der Waals surface area contributed by atoms with Gasteiger partial charge in [-0.25, -0.2) is 4.79 Å². The van der Waals surface area contributed by atoms with Crippen molar-refractivity contribution < 1.29 is 14.3 Å². The van der Waals surface area contributed by atoms with Crippen LogP contribution in [0.5, 0.6) is 0 Å². The first-order chi connectivity index (χ1) is 23.4. The number of amides is 2. The summed E-state index contributed by atoms with van der Waals surface area (Å²) in [5.41, 5.74) is 3.13. The SMILES string of the molecule is CC1(OC(=O)Nc2ccccc2-c2ccccc2)CCN(CCCCCCCCN2CCC3(CC2)C(=O)NCN3c2ccccc2)CC1. The van der Waals surface area contributed by atoms with Crippen molar-refractivity contribution in [3.8, 4) is 11.1 Å². The smallest absolute Gasteiger partial charge is 0.412 e. The maximum atomic E-state index is 12.9.